The molecule has 0 saturated heterocycles. The van der Waals surface area contributed by atoms with Gasteiger partial charge in [-0.25, -0.2) is 0 Å². The highest BCUT2D eigenvalue weighted by Gasteiger charge is 2.46. The standard InChI is InChI=1S/C72H95N/c1-15-20-31-55(18-4)50-72(51-56(19-5)32-21-16-2)66-48-61(42-45-64(66)65-46-43-62(49-67(65)72)71(12,13)14)52(6)39-40-58(33-22-17-3)63-44-41-60(38-29-30-47-70(9,10)11)69(54(63)8)73-68(59-36-27-24-28-37-59)53(7)57-34-25-23-26-35-57/h23-30,34-36,38-49,55-56,59H,7,15-22,31-33,37,50-51H2,1-6,8-14H3/b38-29+,47-30+,52-39+,58-40+,73-68?. The molecule has 0 radical (unpaired) electrons. The van der Waals surface area contributed by atoms with E-state index < -0.39 is 0 Å². The van der Waals surface area contributed by atoms with Gasteiger partial charge in [-0.05, 0) is 141 Å². The molecule has 2 aliphatic rings. The average Bonchev–Trinajstić information content (AvgIpc) is 3.64. The minimum Gasteiger partial charge on any atom is -0.251 e. The van der Waals surface area contributed by atoms with Crippen LogP contribution in [-0.4, -0.2) is 5.71 Å². The maximum Gasteiger partial charge on any atom is 0.0741 e. The van der Waals surface area contributed by atoms with Crippen LogP contribution in [0.15, 0.2) is 145 Å². The van der Waals surface area contributed by atoms with E-state index in [0.717, 1.165) is 53.8 Å². The molecule has 0 amide bonds. The fourth-order valence-corrected chi connectivity index (χ4v) is 11.5. The lowest BCUT2D eigenvalue weighted by Crippen LogP contribution is -2.32. The van der Waals surface area contributed by atoms with Crippen LogP contribution in [0.1, 0.15) is 217 Å². The first-order valence-electron chi connectivity index (χ1n) is 28.8. The quantitative estimate of drug-likeness (QED) is 0.0490. The van der Waals surface area contributed by atoms with Crippen molar-refractivity contribution in [2.45, 2.75) is 191 Å². The van der Waals surface area contributed by atoms with Crippen LogP contribution in [-0.2, 0) is 10.8 Å². The summed E-state index contributed by atoms with van der Waals surface area (Å²) >= 11 is 0. The van der Waals surface area contributed by atoms with Gasteiger partial charge in [0.15, 0.2) is 0 Å². The van der Waals surface area contributed by atoms with Crippen LogP contribution in [0, 0.1) is 30.1 Å². The Balaban J connectivity index is 1.53. The number of unbranched alkanes of at least 4 members (excludes halogenated alkanes) is 3. The second-order valence-corrected chi connectivity index (χ2v) is 24.0. The molecule has 4 aromatic rings. The molecule has 0 aliphatic heterocycles. The van der Waals surface area contributed by atoms with Gasteiger partial charge in [-0.15, -0.1) is 0 Å². The molecule has 1 heteroatoms. The summed E-state index contributed by atoms with van der Waals surface area (Å²) in [5.74, 6) is 1.51. The lowest BCUT2D eigenvalue weighted by molar-refractivity contribution is 0.265. The third-order valence-electron chi connectivity index (χ3n) is 16.2. The van der Waals surface area contributed by atoms with E-state index in [1.165, 1.54) is 109 Å². The highest BCUT2D eigenvalue weighted by atomic mass is 14.8. The molecule has 0 aromatic heterocycles. The molecule has 0 spiro atoms. The van der Waals surface area contributed by atoms with Crippen molar-refractivity contribution in [1.29, 1.82) is 0 Å². The van der Waals surface area contributed by atoms with Gasteiger partial charge < -0.3 is 0 Å². The first-order chi connectivity index (χ1) is 35.0. The number of rotatable bonds is 24. The SMILES string of the molecule is C=C(C(=Nc1c(/C=C/C=C/C(C)(C)C)ccc(/C(=C/C=C(\C)c2ccc3c(c2)C(CC(CC)CCCC)(CC(CC)CCCC)c2cc(C(C)(C)C)ccc2-3)CCCC)c1C)C1C=CC=CC1)c1ccccc1. The molecule has 2 aliphatic carbocycles. The fraction of sp³-hybridized carbons (Fsp3) is 0.458. The number of fused-ring (bicyclic) bond motifs is 3. The van der Waals surface area contributed by atoms with Crippen molar-refractivity contribution in [3.05, 3.63) is 185 Å². The first kappa shape index (κ1) is 57.0. The van der Waals surface area contributed by atoms with E-state index in [4.69, 9.17) is 11.6 Å². The summed E-state index contributed by atoms with van der Waals surface area (Å²) in [5, 5.41) is 0. The van der Waals surface area contributed by atoms with Crippen molar-refractivity contribution in [2.24, 2.45) is 28.2 Å². The van der Waals surface area contributed by atoms with Gasteiger partial charge in [0.1, 0.15) is 0 Å². The van der Waals surface area contributed by atoms with E-state index in [2.05, 4.69) is 230 Å². The molecule has 3 unspecified atom stereocenters. The molecule has 0 bridgehead atoms. The summed E-state index contributed by atoms with van der Waals surface area (Å²) in [4.78, 5) is 5.73. The van der Waals surface area contributed by atoms with Crippen LogP contribution in [0.5, 0.6) is 0 Å². The predicted octanol–water partition coefficient (Wildman–Crippen LogP) is 22.0. The normalized spacial score (nSPS) is 18.2. The Bertz CT molecular complexity index is 2670. The Morgan fingerprint density at radius 3 is 1.96 bits per heavy atom. The van der Waals surface area contributed by atoms with Crippen LogP contribution in [0.2, 0.25) is 0 Å². The first-order valence-corrected chi connectivity index (χ1v) is 28.8. The molecule has 388 valence electrons. The Hall–Kier alpha value is -5.27. The molecule has 6 rings (SSSR count). The van der Waals surface area contributed by atoms with Gasteiger partial charge in [0, 0.05) is 16.9 Å². The molecule has 73 heavy (non-hydrogen) atoms. The number of benzene rings is 4. The zero-order valence-corrected chi connectivity index (χ0v) is 48.1. The molecule has 0 fully saturated rings. The Labute approximate surface area is 446 Å². The van der Waals surface area contributed by atoms with Crippen LogP contribution in [0.4, 0.5) is 5.69 Å². The van der Waals surface area contributed by atoms with Crippen molar-refractivity contribution in [3.8, 4) is 11.1 Å². The van der Waals surface area contributed by atoms with E-state index in [1.54, 1.807) is 11.1 Å². The largest absolute Gasteiger partial charge is 0.251 e. The molecule has 3 atom stereocenters. The lowest BCUT2D eigenvalue weighted by atomic mass is 9.64. The van der Waals surface area contributed by atoms with Gasteiger partial charge in [0.2, 0.25) is 0 Å². The molecule has 4 aromatic carbocycles. The number of hydrogen-bond donors (Lipinski definition) is 0. The van der Waals surface area contributed by atoms with Gasteiger partial charge >= 0.3 is 0 Å². The maximum atomic E-state index is 5.73. The second-order valence-electron chi connectivity index (χ2n) is 24.0. The zero-order chi connectivity index (χ0) is 52.8. The summed E-state index contributed by atoms with van der Waals surface area (Å²) in [5.41, 5.74) is 19.5. The third kappa shape index (κ3) is 14.5. The van der Waals surface area contributed by atoms with Crippen molar-refractivity contribution in [2.75, 3.05) is 0 Å². The van der Waals surface area contributed by atoms with Crippen LogP contribution in [0.3, 0.4) is 0 Å². The number of aliphatic imine (C=N–C) groups is 1. The van der Waals surface area contributed by atoms with Crippen LogP contribution < -0.4 is 0 Å². The summed E-state index contributed by atoms with van der Waals surface area (Å²) in [6, 6.07) is 30.4. The maximum absolute atomic E-state index is 5.73. The van der Waals surface area contributed by atoms with Gasteiger partial charge in [-0.3, -0.25) is 4.99 Å². The average molecular weight is 975 g/mol. The third-order valence-corrected chi connectivity index (χ3v) is 16.2. The number of nitrogens with zero attached hydrogens (tertiary/aromatic N) is 1. The van der Waals surface area contributed by atoms with Gasteiger partial charge in [-0.2, -0.15) is 0 Å². The Morgan fingerprint density at radius 1 is 0.726 bits per heavy atom. The van der Waals surface area contributed by atoms with Gasteiger partial charge in [-0.1, -0.05) is 274 Å². The minimum atomic E-state index is -0.0195. The molecular formula is C72H95N. The smallest absolute Gasteiger partial charge is 0.0741 e. The second kappa shape index (κ2) is 26.3. The van der Waals surface area contributed by atoms with E-state index in [-0.39, 0.29) is 22.2 Å². The summed E-state index contributed by atoms with van der Waals surface area (Å²) in [7, 11) is 0. The number of allylic oxidation sites excluding steroid dienone is 12. The van der Waals surface area contributed by atoms with Crippen molar-refractivity contribution >= 4 is 34.2 Å². The summed E-state index contributed by atoms with van der Waals surface area (Å²) in [6.45, 7) is 35.2. The molecule has 0 N–H and O–H groups in total. The van der Waals surface area contributed by atoms with E-state index >= 15 is 0 Å². The lowest BCUT2D eigenvalue weighted by Gasteiger charge is -2.39. The van der Waals surface area contributed by atoms with E-state index in [0.29, 0.717) is 11.8 Å². The molecule has 0 saturated carbocycles. The topological polar surface area (TPSA) is 12.4 Å². The van der Waals surface area contributed by atoms with E-state index in [9.17, 15) is 0 Å². The fourth-order valence-electron chi connectivity index (χ4n) is 11.5. The zero-order valence-electron chi connectivity index (χ0n) is 48.1. The minimum absolute atomic E-state index is 0.0195. The molecule has 1 nitrogen and oxygen atoms in total. The summed E-state index contributed by atoms with van der Waals surface area (Å²) < 4.78 is 0. The van der Waals surface area contributed by atoms with Gasteiger partial charge in [0.25, 0.3) is 0 Å². The molecule has 0 heterocycles. The Morgan fingerprint density at radius 2 is 1.37 bits per heavy atom. The number of hydrogen-bond acceptors (Lipinski definition) is 1. The monoisotopic (exact) mass is 974 g/mol. The highest BCUT2D eigenvalue weighted by molar-refractivity contribution is 6.25. The predicted molar refractivity (Wildman–Crippen MR) is 326 cm³/mol. The molecular weight excluding hydrogens is 879 g/mol. The Kier molecular flexibility index (Phi) is 20.5. The van der Waals surface area contributed by atoms with Crippen molar-refractivity contribution in [1.82, 2.24) is 0 Å². The van der Waals surface area contributed by atoms with Crippen LogP contribution >= 0.6 is 0 Å². The van der Waals surface area contributed by atoms with Crippen LogP contribution in [0.25, 0.3) is 33.9 Å². The van der Waals surface area contributed by atoms with Crippen molar-refractivity contribution in [3.63, 3.8) is 0 Å². The van der Waals surface area contributed by atoms with Crippen molar-refractivity contribution < 1.29 is 0 Å². The van der Waals surface area contributed by atoms with E-state index in [1.807, 2.05) is 0 Å². The highest BCUT2D eigenvalue weighted by Crippen LogP contribution is 2.57. The summed E-state index contributed by atoms with van der Waals surface area (Å²) in [6.07, 6.45) is 39.4. The van der Waals surface area contributed by atoms with Gasteiger partial charge in [0.05, 0.1) is 11.4 Å².